The van der Waals surface area contributed by atoms with Crippen LogP contribution in [0.15, 0.2) is 12.3 Å². The lowest BCUT2D eigenvalue weighted by molar-refractivity contribution is 0.756. The molecule has 2 aromatic rings. The Hall–Kier alpha value is -1.95. The average molecular weight is 301 g/mol. The van der Waals surface area contributed by atoms with E-state index in [1.54, 1.807) is 0 Å². The predicted octanol–water partition coefficient (Wildman–Crippen LogP) is 1.86. The molecule has 3 rings (SSSR count). The van der Waals surface area contributed by atoms with Crippen LogP contribution in [0.5, 0.6) is 0 Å². The number of aryl methyl sites for hydroxylation is 4. The first-order chi connectivity index (χ1) is 10.0. The zero-order valence-corrected chi connectivity index (χ0v) is 13.1. The van der Waals surface area contributed by atoms with Crippen LogP contribution in [0.4, 0.5) is 5.82 Å². The zero-order chi connectivity index (χ0) is 15.0. The van der Waals surface area contributed by atoms with Gasteiger partial charge in [-0.15, -0.1) is 0 Å². The van der Waals surface area contributed by atoms with E-state index < -0.39 is 0 Å². The molecule has 0 aromatic carbocycles. The van der Waals surface area contributed by atoms with Crippen molar-refractivity contribution in [3.63, 3.8) is 0 Å². The fraction of sp³-hybridized carbons (Fsp3) is 0.400. The Balaban J connectivity index is 1.87. The van der Waals surface area contributed by atoms with E-state index in [9.17, 15) is 0 Å². The molecule has 0 radical (unpaired) electrons. The topological polar surface area (TPSA) is 68.8 Å². The van der Waals surface area contributed by atoms with Gasteiger partial charge in [-0.05, 0) is 37.8 Å². The van der Waals surface area contributed by atoms with Gasteiger partial charge in [0.25, 0.3) is 0 Å². The smallest absolute Gasteiger partial charge is 0.136 e. The summed E-state index contributed by atoms with van der Waals surface area (Å²) in [6.45, 7) is 2.67. The number of pyridine rings is 1. The van der Waals surface area contributed by atoms with Crippen molar-refractivity contribution in [1.29, 1.82) is 0 Å². The normalized spacial score (nSPS) is 13.2. The molecule has 0 saturated carbocycles. The number of hydrogen-bond acceptors (Lipinski definition) is 4. The minimum atomic E-state index is 0.391. The van der Waals surface area contributed by atoms with E-state index in [0.717, 1.165) is 41.9 Å². The van der Waals surface area contributed by atoms with Gasteiger partial charge in [0.05, 0.1) is 11.3 Å². The van der Waals surface area contributed by atoms with Crippen molar-refractivity contribution in [2.75, 3.05) is 5.32 Å². The third-order valence-corrected chi connectivity index (χ3v) is 4.10. The summed E-state index contributed by atoms with van der Waals surface area (Å²) < 4.78 is 1.82. The lowest BCUT2D eigenvalue weighted by Crippen LogP contribution is -2.16. The van der Waals surface area contributed by atoms with E-state index in [2.05, 4.69) is 16.5 Å². The second-order valence-electron chi connectivity index (χ2n) is 5.48. The number of nitrogens with zero attached hydrogens (tertiary/aromatic N) is 3. The lowest BCUT2D eigenvalue weighted by atomic mass is 10.1. The van der Waals surface area contributed by atoms with Gasteiger partial charge in [-0.25, -0.2) is 4.98 Å². The van der Waals surface area contributed by atoms with Crippen molar-refractivity contribution in [3.05, 3.63) is 40.3 Å². The van der Waals surface area contributed by atoms with Crippen LogP contribution in [0.1, 0.15) is 34.5 Å². The van der Waals surface area contributed by atoms with E-state index in [0.29, 0.717) is 11.5 Å². The number of aromatic nitrogens is 3. The molecule has 1 aliphatic carbocycles. The number of nitrogens with one attached hydrogen (secondary N) is 1. The molecule has 0 bridgehead atoms. The van der Waals surface area contributed by atoms with Crippen LogP contribution < -0.4 is 11.1 Å². The third kappa shape index (κ3) is 2.76. The number of rotatable bonds is 4. The fourth-order valence-electron chi connectivity index (χ4n) is 2.80. The molecular formula is C15H19N5S. The molecule has 0 spiro atoms. The maximum atomic E-state index is 5.85. The van der Waals surface area contributed by atoms with Crippen molar-refractivity contribution >= 4 is 23.0 Å². The monoisotopic (exact) mass is 301 g/mol. The highest BCUT2D eigenvalue weighted by atomic mass is 32.1. The van der Waals surface area contributed by atoms with Crippen LogP contribution in [0.3, 0.4) is 0 Å². The quantitative estimate of drug-likeness (QED) is 0.844. The highest BCUT2D eigenvalue weighted by Gasteiger charge is 2.17. The minimum absolute atomic E-state index is 0.391. The molecule has 110 valence electrons. The van der Waals surface area contributed by atoms with Gasteiger partial charge in [0.1, 0.15) is 10.8 Å². The Morgan fingerprint density at radius 1 is 1.48 bits per heavy atom. The van der Waals surface area contributed by atoms with Crippen LogP contribution in [0.25, 0.3) is 0 Å². The molecule has 6 heteroatoms. The Morgan fingerprint density at radius 3 is 2.95 bits per heavy atom. The predicted molar refractivity (Wildman–Crippen MR) is 87.4 cm³/mol. The first kappa shape index (κ1) is 14.0. The Kier molecular flexibility index (Phi) is 3.63. The molecule has 21 heavy (non-hydrogen) atoms. The van der Waals surface area contributed by atoms with Gasteiger partial charge in [-0.1, -0.05) is 12.2 Å². The molecular weight excluding hydrogens is 282 g/mol. The SMILES string of the molecule is Cc1nn(C)cc1CNc1nc2c(cc1C(N)=S)CCC2. The Morgan fingerprint density at radius 2 is 2.29 bits per heavy atom. The summed E-state index contributed by atoms with van der Waals surface area (Å²) in [4.78, 5) is 5.11. The van der Waals surface area contributed by atoms with Crippen LogP contribution in [0, 0.1) is 6.92 Å². The molecule has 1 aliphatic rings. The summed E-state index contributed by atoms with van der Waals surface area (Å²) in [5.41, 5.74) is 11.3. The molecule has 3 N–H and O–H groups in total. The van der Waals surface area contributed by atoms with Crippen LogP contribution in [-0.2, 0) is 26.4 Å². The second kappa shape index (κ2) is 5.44. The van der Waals surface area contributed by atoms with Crippen molar-refractivity contribution in [2.24, 2.45) is 12.8 Å². The second-order valence-corrected chi connectivity index (χ2v) is 5.91. The number of nitrogens with two attached hydrogens (primary N) is 1. The fourth-order valence-corrected chi connectivity index (χ4v) is 2.95. The van der Waals surface area contributed by atoms with Gasteiger partial charge in [-0.2, -0.15) is 5.10 Å². The maximum absolute atomic E-state index is 5.85. The minimum Gasteiger partial charge on any atom is -0.389 e. The molecule has 0 amide bonds. The first-order valence-electron chi connectivity index (χ1n) is 7.10. The summed E-state index contributed by atoms with van der Waals surface area (Å²) in [6.07, 6.45) is 5.27. The molecule has 0 saturated heterocycles. The summed E-state index contributed by atoms with van der Waals surface area (Å²) in [7, 11) is 1.92. The molecule has 0 fully saturated rings. The van der Waals surface area contributed by atoms with E-state index in [4.69, 9.17) is 22.9 Å². The number of thiocarbonyl (C=S) groups is 1. The van der Waals surface area contributed by atoms with Crippen LogP contribution in [0.2, 0.25) is 0 Å². The molecule has 0 atom stereocenters. The molecule has 0 unspecified atom stereocenters. The summed E-state index contributed by atoms with van der Waals surface area (Å²) in [5.74, 6) is 0.784. The van der Waals surface area contributed by atoms with Gasteiger partial charge in [0.15, 0.2) is 0 Å². The van der Waals surface area contributed by atoms with Gasteiger partial charge in [0, 0.05) is 31.0 Å². The summed E-state index contributed by atoms with van der Waals surface area (Å²) >= 11 is 5.16. The summed E-state index contributed by atoms with van der Waals surface area (Å²) in [6, 6.07) is 2.09. The van der Waals surface area contributed by atoms with E-state index >= 15 is 0 Å². The molecule has 2 heterocycles. The largest absolute Gasteiger partial charge is 0.389 e. The number of fused-ring (bicyclic) bond motifs is 1. The highest BCUT2D eigenvalue weighted by molar-refractivity contribution is 7.80. The van der Waals surface area contributed by atoms with Crippen molar-refractivity contribution in [1.82, 2.24) is 14.8 Å². The van der Waals surface area contributed by atoms with E-state index in [1.165, 1.54) is 11.3 Å². The number of anilines is 1. The van der Waals surface area contributed by atoms with Crippen molar-refractivity contribution in [3.8, 4) is 0 Å². The van der Waals surface area contributed by atoms with E-state index in [-0.39, 0.29) is 0 Å². The van der Waals surface area contributed by atoms with Gasteiger partial charge < -0.3 is 11.1 Å². The third-order valence-electron chi connectivity index (χ3n) is 3.88. The van der Waals surface area contributed by atoms with Crippen LogP contribution in [-0.4, -0.2) is 19.8 Å². The molecule has 2 aromatic heterocycles. The molecule has 5 nitrogen and oxygen atoms in total. The Bertz CT molecular complexity index is 704. The van der Waals surface area contributed by atoms with Gasteiger partial charge in [0.2, 0.25) is 0 Å². The number of hydrogen-bond donors (Lipinski definition) is 2. The average Bonchev–Trinajstić information content (AvgIpc) is 3.00. The highest BCUT2D eigenvalue weighted by Crippen LogP contribution is 2.25. The molecule has 0 aliphatic heterocycles. The van der Waals surface area contributed by atoms with Crippen molar-refractivity contribution in [2.45, 2.75) is 32.7 Å². The zero-order valence-electron chi connectivity index (χ0n) is 12.3. The van der Waals surface area contributed by atoms with Crippen molar-refractivity contribution < 1.29 is 0 Å². The first-order valence-corrected chi connectivity index (χ1v) is 7.51. The Labute approximate surface area is 129 Å². The van der Waals surface area contributed by atoms with Gasteiger partial charge in [-0.3, -0.25) is 4.68 Å². The van der Waals surface area contributed by atoms with Gasteiger partial charge >= 0.3 is 0 Å². The standard InChI is InChI=1S/C15H19N5S/c1-9-11(8-20(2)19-9)7-17-15-12(14(16)21)6-10-4-3-5-13(10)18-15/h6,8H,3-5,7H2,1-2H3,(H2,16,21)(H,17,18). The lowest BCUT2D eigenvalue weighted by Gasteiger charge is -2.12. The van der Waals surface area contributed by atoms with Crippen LogP contribution >= 0.6 is 12.2 Å². The van der Waals surface area contributed by atoms with E-state index in [1.807, 2.05) is 24.9 Å². The maximum Gasteiger partial charge on any atom is 0.136 e. The summed E-state index contributed by atoms with van der Waals surface area (Å²) in [5, 5.41) is 7.71.